The zero-order valence-electron chi connectivity index (χ0n) is 14.2. The van der Waals surface area contributed by atoms with Gasteiger partial charge >= 0.3 is 0 Å². The number of morpholine rings is 1. The number of hydrogen-bond acceptors (Lipinski definition) is 3. The molecule has 2 aromatic carbocycles. The lowest BCUT2D eigenvalue weighted by Gasteiger charge is -2.37. The van der Waals surface area contributed by atoms with Crippen molar-refractivity contribution in [1.82, 2.24) is 5.32 Å². The summed E-state index contributed by atoms with van der Waals surface area (Å²) in [5, 5.41) is 13.9. The fourth-order valence-electron chi connectivity index (χ4n) is 3.75. The summed E-state index contributed by atoms with van der Waals surface area (Å²) in [5.41, 5.74) is 4.07. The first-order chi connectivity index (χ1) is 11.7. The minimum Gasteiger partial charge on any atom is -0.385 e. The van der Waals surface area contributed by atoms with E-state index in [0.717, 1.165) is 38.0 Å². The van der Waals surface area contributed by atoms with Crippen LogP contribution < -0.4 is 5.32 Å². The van der Waals surface area contributed by atoms with Crippen molar-refractivity contribution >= 4 is 0 Å². The molecule has 24 heavy (non-hydrogen) atoms. The van der Waals surface area contributed by atoms with Crippen molar-refractivity contribution in [3.05, 3.63) is 59.7 Å². The fourth-order valence-corrected chi connectivity index (χ4v) is 3.75. The average molecular weight is 323 g/mol. The monoisotopic (exact) mass is 323 g/mol. The van der Waals surface area contributed by atoms with Crippen LogP contribution in [-0.2, 0) is 10.3 Å². The molecule has 126 valence electrons. The lowest BCUT2D eigenvalue weighted by Crippen LogP contribution is -2.41. The summed E-state index contributed by atoms with van der Waals surface area (Å²) in [7, 11) is 0. The summed E-state index contributed by atoms with van der Waals surface area (Å²) >= 11 is 0. The van der Waals surface area contributed by atoms with Gasteiger partial charge in [0.25, 0.3) is 0 Å². The predicted molar refractivity (Wildman–Crippen MR) is 95.8 cm³/mol. The van der Waals surface area contributed by atoms with E-state index in [2.05, 4.69) is 60.8 Å². The van der Waals surface area contributed by atoms with Crippen LogP contribution in [0.1, 0.15) is 43.4 Å². The van der Waals surface area contributed by atoms with Crippen LogP contribution in [0.5, 0.6) is 0 Å². The second kappa shape index (κ2) is 6.32. The molecule has 4 rings (SSSR count). The molecule has 1 saturated heterocycles. The second-order valence-corrected chi connectivity index (χ2v) is 7.12. The van der Waals surface area contributed by atoms with Crippen molar-refractivity contribution < 1.29 is 9.84 Å². The minimum atomic E-state index is -0.580. The SMILES string of the molecule is C[C@@H]1NCCO[C@H]1c1ccc(-c2ccc(C3(O)CCC3)cc2)cc1. The molecule has 0 bridgehead atoms. The van der Waals surface area contributed by atoms with Gasteiger partial charge in [0.05, 0.1) is 18.3 Å². The molecular formula is C21H25NO2. The lowest BCUT2D eigenvalue weighted by molar-refractivity contribution is -0.0387. The van der Waals surface area contributed by atoms with Crippen LogP contribution >= 0.6 is 0 Å². The van der Waals surface area contributed by atoms with Gasteiger partial charge in [-0.1, -0.05) is 48.5 Å². The van der Waals surface area contributed by atoms with E-state index in [4.69, 9.17) is 4.74 Å². The zero-order chi connectivity index (χ0) is 16.6. The van der Waals surface area contributed by atoms with Gasteiger partial charge in [-0.3, -0.25) is 0 Å². The van der Waals surface area contributed by atoms with E-state index >= 15 is 0 Å². The van der Waals surface area contributed by atoms with Crippen LogP contribution in [0.3, 0.4) is 0 Å². The molecule has 3 heteroatoms. The highest BCUT2D eigenvalue weighted by Gasteiger charge is 2.35. The number of rotatable bonds is 3. The van der Waals surface area contributed by atoms with Crippen molar-refractivity contribution in [3.8, 4) is 11.1 Å². The maximum Gasteiger partial charge on any atom is 0.0975 e. The van der Waals surface area contributed by atoms with Crippen LogP contribution in [-0.4, -0.2) is 24.3 Å². The smallest absolute Gasteiger partial charge is 0.0975 e. The van der Waals surface area contributed by atoms with Gasteiger partial charge in [-0.15, -0.1) is 0 Å². The highest BCUT2D eigenvalue weighted by molar-refractivity contribution is 5.64. The van der Waals surface area contributed by atoms with Crippen molar-refractivity contribution in [2.45, 2.75) is 43.9 Å². The first kappa shape index (κ1) is 15.8. The van der Waals surface area contributed by atoms with Gasteiger partial charge < -0.3 is 15.2 Å². The molecule has 1 aliphatic carbocycles. The van der Waals surface area contributed by atoms with Gasteiger partial charge in [-0.2, -0.15) is 0 Å². The summed E-state index contributed by atoms with van der Waals surface area (Å²) in [6, 6.07) is 17.3. The molecule has 2 aliphatic rings. The zero-order valence-corrected chi connectivity index (χ0v) is 14.2. The third-order valence-electron chi connectivity index (χ3n) is 5.50. The molecule has 0 spiro atoms. The Morgan fingerprint density at radius 3 is 2.17 bits per heavy atom. The van der Waals surface area contributed by atoms with Crippen molar-refractivity contribution in [1.29, 1.82) is 0 Å². The van der Waals surface area contributed by atoms with E-state index in [1.54, 1.807) is 0 Å². The van der Waals surface area contributed by atoms with E-state index in [0.29, 0.717) is 6.04 Å². The second-order valence-electron chi connectivity index (χ2n) is 7.12. The Labute approximate surface area is 143 Å². The Morgan fingerprint density at radius 2 is 1.62 bits per heavy atom. The van der Waals surface area contributed by atoms with Crippen LogP contribution in [0.2, 0.25) is 0 Å². The Hall–Kier alpha value is -1.68. The Morgan fingerprint density at radius 1 is 1.00 bits per heavy atom. The van der Waals surface area contributed by atoms with Crippen molar-refractivity contribution in [3.63, 3.8) is 0 Å². The summed E-state index contributed by atoms with van der Waals surface area (Å²) in [6.07, 6.45) is 3.02. The Kier molecular flexibility index (Phi) is 4.17. The number of nitrogens with one attached hydrogen (secondary N) is 1. The Bertz CT molecular complexity index is 689. The average Bonchev–Trinajstić information content (AvgIpc) is 2.60. The van der Waals surface area contributed by atoms with Gasteiger partial charge in [-0.05, 0) is 48.4 Å². The quantitative estimate of drug-likeness (QED) is 0.903. The van der Waals surface area contributed by atoms with Gasteiger partial charge in [0.2, 0.25) is 0 Å². The molecule has 1 heterocycles. The molecule has 3 nitrogen and oxygen atoms in total. The van der Waals surface area contributed by atoms with E-state index in [9.17, 15) is 5.11 Å². The molecule has 0 aromatic heterocycles. The molecule has 1 aliphatic heterocycles. The molecule has 0 unspecified atom stereocenters. The summed E-state index contributed by atoms with van der Waals surface area (Å²) in [6.45, 7) is 3.86. The van der Waals surface area contributed by atoms with Crippen molar-refractivity contribution in [2.24, 2.45) is 0 Å². The molecular weight excluding hydrogens is 298 g/mol. The number of benzene rings is 2. The van der Waals surface area contributed by atoms with E-state index in [1.165, 1.54) is 16.7 Å². The fraction of sp³-hybridized carbons (Fsp3) is 0.429. The third-order valence-corrected chi connectivity index (χ3v) is 5.50. The topological polar surface area (TPSA) is 41.5 Å². The number of aliphatic hydroxyl groups is 1. The maximum absolute atomic E-state index is 10.4. The molecule has 0 amide bonds. The summed E-state index contributed by atoms with van der Waals surface area (Å²) in [4.78, 5) is 0. The molecule has 0 radical (unpaired) electrons. The highest BCUT2D eigenvalue weighted by atomic mass is 16.5. The highest BCUT2D eigenvalue weighted by Crippen LogP contribution is 2.41. The van der Waals surface area contributed by atoms with Gasteiger partial charge in [0.15, 0.2) is 0 Å². The molecule has 2 fully saturated rings. The predicted octanol–water partition coefficient (Wildman–Crippen LogP) is 3.77. The van der Waals surface area contributed by atoms with Crippen LogP contribution in [0.4, 0.5) is 0 Å². The van der Waals surface area contributed by atoms with E-state index < -0.39 is 5.60 Å². The molecule has 2 N–H and O–H groups in total. The minimum absolute atomic E-state index is 0.128. The van der Waals surface area contributed by atoms with Crippen LogP contribution in [0.15, 0.2) is 48.5 Å². The molecule has 2 atom stereocenters. The number of ether oxygens (including phenoxy) is 1. The molecule has 1 saturated carbocycles. The Balaban J connectivity index is 1.52. The largest absolute Gasteiger partial charge is 0.385 e. The van der Waals surface area contributed by atoms with Gasteiger partial charge in [-0.25, -0.2) is 0 Å². The van der Waals surface area contributed by atoms with E-state index in [1.807, 2.05) is 0 Å². The first-order valence-corrected chi connectivity index (χ1v) is 8.94. The maximum atomic E-state index is 10.4. The normalized spacial score (nSPS) is 25.9. The lowest BCUT2D eigenvalue weighted by atomic mass is 9.75. The first-order valence-electron chi connectivity index (χ1n) is 8.94. The van der Waals surface area contributed by atoms with Crippen LogP contribution in [0.25, 0.3) is 11.1 Å². The standard InChI is InChI=1S/C21H25NO2/c1-15-20(24-14-13-22-15)18-5-3-16(4-6-18)17-7-9-19(10-8-17)21(23)11-2-12-21/h3-10,15,20,22-23H,2,11-14H2,1H3/t15-,20+/m0/s1. The van der Waals surface area contributed by atoms with Crippen LogP contribution in [0, 0.1) is 0 Å². The summed E-state index contributed by atoms with van der Waals surface area (Å²) < 4.78 is 5.90. The molecule has 2 aromatic rings. The summed E-state index contributed by atoms with van der Waals surface area (Å²) in [5.74, 6) is 0. The van der Waals surface area contributed by atoms with E-state index in [-0.39, 0.29) is 6.10 Å². The van der Waals surface area contributed by atoms with Gasteiger partial charge in [0.1, 0.15) is 0 Å². The number of hydrogen-bond donors (Lipinski definition) is 2. The van der Waals surface area contributed by atoms with Crippen molar-refractivity contribution in [2.75, 3.05) is 13.2 Å². The third kappa shape index (κ3) is 2.88. The van der Waals surface area contributed by atoms with Gasteiger partial charge in [0, 0.05) is 12.6 Å².